The van der Waals surface area contributed by atoms with E-state index >= 15 is 0 Å². The highest BCUT2D eigenvalue weighted by molar-refractivity contribution is 6.32. The van der Waals surface area contributed by atoms with Gasteiger partial charge >= 0.3 is 0 Å². The molecule has 0 aromatic heterocycles. The first-order chi connectivity index (χ1) is 9.02. The van der Waals surface area contributed by atoms with Gasteiger partial charge in [0.05, 0.1) is 6.10 Å². The smallest absolute Gasteiger partial charge is 0.228 e. The van der Waals surface area contributed by atoms with E-state index in [1.54, 1.807) is 12.1 Å². The van der Waals surface area contributed by atoms with Gasteiger partial charge in [-0.2, -0.15) is 0 Å². The third-order valence-electron chi connectivity index (χ3n) is 3.00. The molecule has 0 saturated heterocycles. The fourth-order valence-corrected chi connectivity index (χ4v) is 2.26. The Hall–Kier alpha value is -1.61. The van der Waals surface area contributed by atoms with Crippen molar-refractivity contribution in [3.8, 4) is 0 Å². The van der Waals surface area contributed by atoms with Crippen molar-refractivity contribution in [1.82, 2.24) is 0 Å². The predicted octanol–water partition coefficient (Wildman–Crippen LogP) is 3.81. The van der Waals surface area contributed by atoms with Crippen LogP contribution in [0.2, 0.25) is 5.02 Å². The van der Waals surface area contributed by atoms with E-state index in [0.29, 0.717) is 16.1 Å². The largest absolute Gasteiger partial charge is 0.486 e. The van der Waals surface area contributed by atoms with Gasteiger partial charge in [-0.05, 0) is 31.5 Å². The van der Waals surface area contributed by atoms with E-state index in [1.807, 2.05) is 13.8 Å². The number of benzene rings is 1. The summed E-state index contributed by atoms with van der Waals surface area (Å²) in [6.45, 7) is 3.93. The van der Waals surface area contributed by atoms with Crippen molar-refractivity contribution in [3.05, 3.63) is 46.2 Å². The van der Waals surface area contributed by atoms with Gasteiger partial charge in [0.15, 0.2) is 11.5 Å². The molecule has 0 amide bonds. The van der Waals surface area contributed by atoms with E-state index in [-0.39, 0.29) is 23.4 Å². The lowest BCUT2D eigenvalue weighted by Crippen LogP contribution is -2.21. The molecule has 19 heavy (non-hydrogen) atoms. The maximum absolute atomic E-state index is 12.2. The summed E-state index contributed by atoms with van der Waals surface area (Å²) in [6.07, 6.45) is 2.98. The van der Waals surface area contributed by atoms with E-state index in [0.717, 1.165) is 12.8 Å². The molecule has 1 aliphatic carbocycles. The average molecular weight is 279 g/mol. The second-order valence-corrected chi connectivity index (χ2v) is 5.05. The molecule has 0 N–H and O–H groups in total. The van der Waals surface area contributed by atoms with Crippen LogP contribution in [0.3, 0.4) is 0 Å². The summed E-state index contributed by atoms with van der Waals surface area (Å²) in [5.74, 6) is -0.370. The van der Waals surface area contributed by atoms with Gasteiger partial charge in [0.2, 0.25) is 5.78 Å². The van der Waals surface area contributed by atoms with Crippen LogP contribution in [0.25, 0.3) is 0 Å². The highest BCUT2D eigenvalue weighted by Crippen LogP contribution is 2.25. The lowest BCUT2D eigenvalue weighted by Gasteiger charge is -2.19. The first-order valence-corrected chi connectivity index (χ1v) is 6.67. The van der Waals surface area contributed by atoms with Crippen molar-refractivity contribution in [2.24, 2.45) is 0 Å². The van der Waals surface area contributed by atoms with Crippen molar-refractivity contribution in [2.45, 2.75) is 32.8 Å². The average Bonchev–Trinajstić information content (AvgIpc) is 2.36. The molecule has 0 saturated carbocycles. The minimum absolute atomic E-state index is 0.0816. The Morgan fingerprint density at radius 2 is 2.00 bits per heavy atom. The number of fused-ring (bicyclic) bond motifs is 1. The molecule has 0 aliphatic heterocycles. The number of carbonyl (C=O) groups excluding carboxylic acids is 2. The summed E-state index contributed by atoms with van der Waals surface area (Å²) in [4.78, 5) is 24.2. The molecule has 1 atom stereocenters. The van der Waals surface area contributed by atoms with Gasteiger partial charge in [0, 0.05) is 22.2 Å². The first-order valence-electron chi connectivity index (χ1n) is 6.30. The van der Waals surface area contributed by atoms with Crippen molar-refractivity contribution < 1.29 is 14.3 Å². The van der Waals surface area contributed by atoms with E-state index in [4.69, 9.17) is 16.3 Å². The molecule has 3 nitrogen and oxygen atoms in total. The van der Waals surface area contributed by atoms with Crippen molar-refractivity contribution in [2.75, 3.05) is 0 Å². The maximum Gasteiger partial charge on any atom is 0.228 e. The number of carbonyl (C=O) groups is 2. The van der Waals surface area contributed by atoms with E-state index < -0.39 is 0 Å². The lowest BCUT2D eigenvalue weighted by molar-refractivity contribution is 0.0762. The van der Waals surface area contributed by atoms with Crippen molar-refractivity contribution in [1.29, 1.82) is 0 Å². The normalized spacial score (nSPS) is 15.8. The highest BCUT2D eigenvalue weighted by atomic mass is 35.5. The Balaban J connectivity index is 2.29. The molecule has 0 bridgehead atoms. The Labute approximate surface area is 117 Å². The molecule has 0 radical (unpaired) electrons. The molecular formula is C15H15ClO3. The topological polar surface area (TPSA) is 43.4 Å². The first kappa shape index (κ1) is 13.8. The van der Waals surface area contributed by atoms with E-state index in [1.165, 1.54) is 12.1 Å². The number of hydrogen-bond donors (Lipinski definition) is 0. The maximum atomic E-state index is 12.2. The van der Waals surface area contributed by atoms with Crippen LogP contribution < -0.4 is 0 Å². The Kier molecular flexibility index (Phi) is 4.05. The van der Waals surface area contributed by atoms with Crippen molar-refractivity contribution >= 4 is 23.2 Å². The Bertz CT molecular complexity index is 561. The van der Waals surface area contributed by atoms with Gasteiger partial charge < -0.3 is 4.74 Å². The summed E-state index contributed by atoms with van der Waals surface area (Å²) in [5, 5.41) is 0.442. The van der Waals surface area contributed by atoms with Crippen LogP contribution in [0, 0.1) is 0 Å². The molecule has 1 aliphatic rings. The molecular weight excluding hydrogens is 264 g/mol. The summed E-state index contributed by atoms with van der Waals surface area (Å²) >= 11 is 5.84. The number of Topliss-reactive ketones (excluding diaryl/α,β-unsaturated/α-hetero) is 1. The second kappa shape index (κ2) is 5.57. The fourth-order valence-electron chi connectivity index (χ4n) is 2.08. The van der Waals surface area contributed by atoms with Crippen LogP contribution in [0.5, 0.6) is 0 Å². The number of ketones is 2. The van der Waals surface area contributed by atoms with Gasteiger partial charge in [0.1, 0.15) is 0 Å². The van der Waals surface area contributed by atoms with Crippen LogP contribution in [-0.4, -0.2) is 17.7 Å². The second-order valence-electron chi connectivity index (χ2n) is 4.61. The third kappa shape index (κ3) is 2.87. The van der Waals surface area contributed by atoms with E-state index in [9.17, 15) is 9.59 Å². The third-order valence-corrected chi connectivity index (χ3v) is 3.24. The summed E-state index contributed by atoms with van der Waals surface area (Å²) in [5.41, 5.74) is 0.698. The number of hydrogen-bond acceptors (Lipinski definition) is 3. The number of allylic oxidation sites excluding steroid dienone is 2. The molecule has 100 valence electrons. The van der Waals surface area contributed by atoms with Crippen LogP contribution in [0.1, 0.15) is 47.4 Å². The van der Waals surface area contributed by atoms with Gasteiger partial charge in [-0.15, -0.1) is 0 Å². The molecule has 4 heteroatoms. The molecule has 1 aromatic carbocycles. The van der Waals surface area contributed by atoms with E-state index in [2.05, 4.69) is 0 Å². The Morgan fingerprint density at radius 1 is 1.26 bits per heavy atom. The fraction of sp³-hybridized carbons (Fsp3) is 0.333. The lowest BCUT2D eigenvalue weighted by atomic mass is 9.93. The highest BCUT2D eigenvalue weighted by Gasteiger charge is 2.27. The zero-order valence-corrected chi connectivity index (χ0v) is 11.7. The summed E-state index contributed by atoms with van der Waals surface area (Å²) < 4.78 is 5.56. The number of ether oxygens (including phenoxy) is 1. The molecule has 1 unspecified atom stereocenters. The van der Waals surface area contributed by atoms with Crippen LogP contribution in [0.15, 0.2) is 30.0 Å². The Morgan fingerprint density at radius 3 is 2.68 bits per heavy atom. The van der Waals surface area contributed by atoms with Gasteiger partial charge in [-0.3, -0.25) is 9.59 Å². The number of rotatable bonds is 4. The molecule has 1 aromatic rings. The predicted molar refractivity (Wildman–Crippen MR) is 73.7 cm³/mol. The van der Waals surface area contributed by atoms with Crippen LogP contribution >= 0.6 is 11.6 Å². The van der Waals surface area contributed by atoms with Crippen molar-refractivity contribution in [3.63, 3.8) is 0 Å². The molecule has 0 heterocycles. The molecule has 0 spiro atoms. The van der Waals surface area contributed by atoms with Crippen LogP contribution in [0.4, 0.5) is 0 Å². The van der Waals surface area contributed by atoms with Crippen LogP contribution in [-0.2, 0) is 4.74 Å². The van der Waals surface area contributed by atoms with Gasteiger partial charge in [-0.1, -0.05) is 24.9 Å². The zero-order chi connectivity index (χ0) is 14.0. The van der Waals surface area contributed by atoms with Gasteiger partial charge in [0.25, 0.3) is 0 Å². The molecule has 2 rings (SSSR count). The quantitative estimate of drug-likeness (QED) is 0.841. The monoisotopic (exact) mass is 278 g/mol. The minimum Gasteiger partial charge on any atom is -0.486 e. The minimum atomic E-state index is -0.255. The standard InChI is InChI=1S/C15H15ClO3/c1-3-4-9(2)19-14-8-13(17)12-7-10(16)5-6-11(12)15(14)18/h5-9H,3-4H2,1-2H3. The SMILES string of the molecule is CCCC(C)OC1=CC(=O)c2cc(Cl)ccc2C1=O. The van der Waals surface area contributed by atoms with Gasteiger partial charge in [-0.25, -0.2) is 0 Å². The summed E-state index contributed by atoms with van der Waals surface area (Å²) in [6, 6.07) is 4.68. The number of halogens is 1. The summed E-state index contributed by atoms with van der Waals surface area (Å²) in [7, 11) is 0. The molecule has 0 fully saturated rings. The zero-order valence-electron chi connectivity index (χ0n) is 10.9.